The van der Waals surface area contributed by atoms with Gasteiger partial charge < -0.3 is 33.6 Å². The molecule has 48 heavy (non-hydrogen) atoms. The molecule has 0 amide bonds. The van der Waals surface area contributed by atoms with Crippen LogP contribution in [-0.2, 0) is 0 Å². The summed E-state index contributed by atoms with van der Waals surface area (Å²) >= 11 is 0. The number of likely N-dealkylation sites (N-methyl/N-ethyl adjacent to an activating group) is 1. The Hall–Kier alpha value is -4.62. The summed E-state index contributed by atoms with van der Waals surface area (Å²) in [5.41, 5.74) is 1.78. The quantitative estimate of drug-likeness (QED) is 0.289. The Bertz CT molecular complexity index is 2210. The molecule has 2 aromatic carbocycles. The number of pyridine rings is 2. The number of benzene rings is 2. The molecule has 13 heteroatoms. The van der Waals surface area contributed by atoms with Crippen LogP contribution in [0.2, 0.25) is 0 Å². The van der Waals surface area contributed by atoms with E-state index in [9.17, 15) is 9.59 Å². The van der Waals surface area contributed by atoms with E-state index in [4.69, 9.17) is 4.42 Å². The zero-order chi connectivity index (χ0) is 32.7. The van der Waals surface area contributed by atoms with E-state index in [1.165, 1.54) is 12.1 Å². The normalized spacial score (nSPS) is 19.1. The van der Waals surface area contributed by atoms with Gasteiger partial charge in [-0.15, -0.1) is 10.2 Å². The van der Waals surface area contributed by atoms with Gasteiger partial charge in [-0.3, -0.25) is 9.59 Å². The Morgan fingerprint density at radius 1 is 0.688 bits per heavy atom. The van der Waals surface area contributed by atoms with Gasteiger partial charge in [-0.05, 0) is 57.0 Å². The van der Waals surface area contributed by atoms with Crippen molar-refractivity contribution in [3.05, 3.63) is 68.7 Å². The van der Waals surface area contributed by atoms with Crippen LogP contribution < -0.4 is 26.0 Å². The Morgan fingerprint density at radius 3 is 1.60 bits per heavy atom. The number of nitrogens with one attached hydrogen (secondary N) is 1. The average Bonchev–Trinajstić information content (AvgIpc) is 4.04. The van der Waals surface area contributed by atoms with Gasteiger partial charge in [0.05, 0.1) is 22.4 Å². The molecule has 4 aliphatic rings. The summed E-state index contributed by atoms with van der Waals surface area (Å²) in [5, 5.41) is 12.2. The molecule has 9 rings (SSSR count). The molecule has 5 aromatic rings. The van der Waals surface area contributed by atoms with Crippen molar-refractivity contribution in [2.75, 3.05) is 69.2 Å². The van der Waals surface area contributed by atoms with Gasteiger partial charge in [0.2, 0.25) is 10.9 Å². The molecule has 2 saturated heterocycles. The highest BCUT2D eigenvalue weighted by atomic mass is 19.1. The first kappa shape index (κ1) is 29.5. The van der Waals surface area contributed by atoms with E-state index >= 15 is 8.78 Å². The summed E-state index contributed by atoms with van der Waals surface area (Å²) in [7, 11) is 2.05. The molecule has 0 bridgehead atoms. The number of hydrogen-bond donors (Lipinski definition) is 1. The van der Waals surface area contributed by atoms with Crippen LogP contribution in [0.15, 0.2) is 50.7 Å². The van der Waals surface area contributed by atoms with E-state index in [0.29, 0.717) is 48.6 Å². The van der Waals surface area contributed by atoms with Gasteiger partial charge in [-0.1, -0.05) is 0 Å². The van der Waals surface area contributed by atoms with E-state index in [-0.39, 0.29) is 45.8 Å². The molecule has 0 unspecified atom stereocenters. The maximum absolute atomic E-state index is 15.6. The minimum Gasteiger partial charge on any atom is -0.416 e. The molecule has 2 aliphatic carbocycles. The minimum atomic E-state index is -0.452. The fourth-order valence-electron chi connectivity index (χ4n) is 7.21. The molecule has 2 saturated carbocycles. The van der Waals surface area contributed by atoms with E-state index in [2.05, 4.69) is 27.5 Å². The Morgan fingerprint density at radius 2 is 1.15 bits per heavy atom. The van der Waals surface area contributed by atoms with Crippen LogP contribution >= 0.6 is 0 Å². The number of aromatic nitrogens is 4. The number of anilines is 2. The fourth-order valence-corrected chi connectivity index (χ4v) is 7.21. The Balaban J connectivity index is 1.13. The molecule has 4 fully saturated rings. The number of fused-ring (bicyclic) bond motifs is 2. The number of piperazine rings is 2. The van der Waals surface area contributed by atoms with Gasteiger partial charge in [0.15, 0.2) is 0 Å². The lowest BCUT2D eigenvalue weighted by Crippen LogP contribution is -2.44. The van der Waals surface area contributed by atoms with Gasteiger partial charge in [-0.25, -0.2) is 8.78 Å². The number of nitrogens with zero attached hydrogens (tertiary/aromatic N) is 7. The van der Waals surface area contributed by atoms with Crippen LogP contribution in [0, 0.1) is 11.6 Å². The third-order valence-corrected chi connectivity index (χ3v) is 10.3. The second-order valence-corrected chi connectivity index (χ2v) is 13.6. The summed E-state index contributed by atoms with van der Waals surface area (Å²) in [6.45, 7) is 5.97. The summed E-state index contributed by atoms with van der Waals surface area (Å²) in [6, 6.07) is 6.56. The highest BCUT2D eigenvalue weighted by molar-refractivity contribution is 5.88. The molecule has 0 radical (unpaired) electrons. The predicted octanol–water partition coefficient (Wildman–Crippen LogP) is 4.14. The van der Waals surface area contributed by atoms with Crippen LogP contribution in [0.25, 0.3) is 44.7 Å². The van der Waals surface area contributed by atoms with E-state index in [1.807, 2.05) is 18.9 Å². The predicted molar refractivity (Wildman–Crippen MR) is 180 cm³/mol. The average molecular weight is 655 g/mol. The van der Waals surface area contributed by atoms with Gasteiger partial charge in [-0.2, -0.15) is 0 Å². The molecular formula is C35H36F2N8O3. The van der Waals surface area contributed by atoms with Gasteiger partial charge in [0.25, 0.3) is 11.8 Å². The zero-order valence-corrected chi connectivity index (χ0v) is 26.7. The zero-order valence-electron chi connectivity index (χ0n) is 26.7. The van der Waals surface area contributed by atoms with E-state index < -0.39 is 22.5 Å². The van der Waals surface area contributed by atoms with Gasteiger partial charge >= 0.3 is 0 Å². The lowest BCUT2D eigenvalue weighted by molar-refractivity contribution is 0.312. The molecule has 0 atom stereocenters. The van der Waals surface area contributed by atoms with Crippen LogP contribution in [0.1, 0.15) is 37.8 Å². The van der Waals surface area contributed by atoms with Gasteiger partial charge in [0, 0.05) is 87.6 Å². The second-order valence-electron chi connectivity index (χ2n) is 13.6. The molecule has 3 aromatic heterocycles. The lowest BCUT2D eigenvalue weighted by Gasteiger charge is -2.34. The molecule has 248 valence electrons. The van der Waals surface area contributed by atoms with E-state index in [0.717, 1.165) is 51.9 Å². The third-order valence-electron chi connectivity index (χ3n) is 10.3. The van der Waals surface area contributed by atoms with Crippen molar-refractivity contribution in [3.8, 4) is 22.9 Å². The molecule has 0 spiro atoms. The van der Waals surface area contributed by atoms with Crippen molar-refractivity contribution in [2.45, 2.75) is 37.8 Å². The number of hydrogen-bond acceptors (Lipinski definition) is 9. The SMILES string of the molecule is CN1CCN(c2cc3c(cc2F)c(=O)c(-c2nnc(-c4cn(C5CC5)c5cc(N6CCNCC6)c(F)cc5c4=O)o2)cn3C2CC2)CC1. The maximum atomic E-state index is 15.6. The number of halogens is 2. The largest absolute Gasteiger partial charge is 0.416 e. The summed E-state index contributed by atoms with van der Waals surface area (Å²) in [4.78, 5) is 34.0. The van der Waals surface area contributed by atoms with Crippen molar-refractivity contribution in [1.82, 2.24) is 29.5 Å². The summed E-state index contributed by atoms with van der Waals surface area (Å²) < 4.78 is 41.2. The first-order chi connectivity index (χ1) is 23.3. The topological polar surface area (TPSA) is 105 Å². The second kappa shape index (κ2) is 11.2. The standard InChI is InChI=1S/C35H36F2N8O3/c1-41-10-12-43(13-11-41)31-17-29-23(15-27(31)37)33(47)25(19-45(29)21-4-5-21)35-40-39-34(48-35)24-18-44(20-2-3-20)28-16-30(42-8-6-38-7-9-42)26(36)14-22(28)32(24)46/h14-21,38H,2-13H2,1H3. The van der Waals surface area contributed by atoms with Crippen molar-refractivity contribution in [3.63, 3.8) is 0 Å². The van der Waals surface area contributed by atoms with Crippen molar-refractivity contribution in [2.24, 2.45) is 0 Å². The van der Waals surface area contributed by atoms with Crippen LogP contribution in [0.4, 0.5) is 20.2 Å². The molecule has 2 aliphatic heterocycles. The van der Waals surface area contributed by atoms with Crippen molar-refractivity contribution in [1.29, 1.82) is 0 Å². The molecule has 5 heterocycles. The van der Waals surface area contributed by atoms with Crippen LogP contribution in [0.5, 0.6) is 0 Å². The highest BCUT2D eigenvalue weighted by Gasteiger charge is 2.31. The maximum Gasteiger partial charge on any atom is 0.253 e. The summed E-state index contributed by atoms with van der Waals surface area (Å²) in [5.74, 6) is -0.995. The highest BCUT2D eigenvalue weighted by Crippen LogP contribution is 2.41. The fraction of sp³-hybridized carbons (Fsp3) is 0.429. The first-order valence-electron chi connectivity index (χ1n) is 16.8. The molecule has 1 N–H and O–H groups in total. The first-order valence-corrected chi connectivity index (χ1v) is 16.8. The molecular weight excluding hydrogens is 618 g/mol. The van der Waals surface area contributed by atoms with E-state index in [1.54, 1.807) is 24.5 Å². The minimum absolute atomic E-state index is 0.0486. The monoisotopic (exact) mass is 654 g/mol. The van der Waals surface area contributed by atoms with Crippen molar-refractivity contribution >= 4 is 33.2 Å². The van der Waals surface area contributed by atoms with Gasteiger partial charge in [0.1, 0.15) is 22.8 Å². The third kappa shape index (κ3) is 4.98. The van der Waals surface area contributed by atoms with Crippen LogP contribution in [-0.4, -0.2) is 83.6 Å². The molecule has 11 nitrogen and oxygen atoms in total. The smallest absolute Gasteiger partial charge is 0.253 e. The summed E-state index contributed by atoms with van der Waals surface area (Å²) in [6.07, 6.45) is 7.21. The Kier molecular flexibility index (Phi) is 6.91. The van der Waals surface area contributed by atoms with Crippen molar-refractivity contribution < 1.29 is 13.2 Å². The number of rotatable bonds is 6. The Labute approximate surface area is 274 Å². The van der Waals surface area contributed by atoms with Crippen LogP contribution in [0.3, 0.4) is 0 Å². The lowest BCUT2D eigenvalue weighted by atomic mass is 10.1.